The van der Waals surface area contributed by atoms with Crippen LogP contribution in [-0.4, -0.2) is 17.7 Å². The van der Waals surface area contributed by atoms with Crippen LogP contribution < -0.4 is 5.32 Å². The van der Waals surface area contributed by atoms with Crippen molar-refractivity contribution in [2.45, 2.75) is 18.5 Å². The van der Waals surface area contributed by atoms with Gasteiger partial charge in [-0.05, 0) is 24.6 Å². The van der Waals surface area contributed by atoms with Crippen molar-refractivity contribution in [1.82, 2.24) is 9.88 Å². The molecule has 1 aliphatic heterocycles. The van der Waals surface area contributed by atoms with E-state index in [1.165, 1.54) is 11.6 Å². The van der Waals surface area contributed by atoms with Crippen molar-refractivity contribution in [3.8, 4) is 0 Å². The summed E-state index contributed by atoms with van der Waals surface area (Å²) in [5, 5.41) is 3.87. The number of aryl methyl sites for hydroxylation is 1. The van der Waals surface area contributed by atoms with Crippen molar-refractivity contribution in [2.24, 2.45) is 7.05 Å². The molecule has 0 aliphatic carbocycles. The summed E-state index contributed by atoms with van der Waals surface area (Å²) < 4.78 is 41.4. The number of hydrogen-bond donors (Lipinski definition) is 1. The van der Waals surface area contributed by atoms with Crippen LogP contribution in [0.25, 0.3) is 10.9 Å². The summed E-state index contributed by atoms with van der Waals surface area (Å²) in [7, 11) is 1.50. The van der Waals surface area contributed by atoms with E-state index >= 15 is 0 Å². The molecule has 1 fully saturated rings. The van der Waals surface area contributed by atoms with Crippen LogP contribution in [0.4, 0.5) is 13.2 Å². The summed E-state index contributed by atoms with van der Waals surface area (Å²) >= 11 is 0. The third-order valence-corrected chi connectivity index (χ3v) is 3.88. The predicted octanol–water partition coefficient (Wildman–Crippen LogP) is 3.27. The molecular weight excluding hydrogens is 253 g/mol. The zero-order chi connectivity index (χ0) is 13.6. The zero-order valence-electron chi connectivity index (χ0n) is 10.6. The third kappa shape index (κ3) is 1.92. The highest BCUT2D eigenvalue weighted by Gasteiger charge is 2.40. The standard InChI is InChI=1S/C14H15F3N2/c1-19-11-5-3-2-4-10(11)12(9-6-7-18-8-9)13(19)14(15,16)17/h2-5,9,18H,6-8H2,1H3. The molecule has 1 aliphatic rings. The van der Waals surface area contributed by atoms with E-state index in [-0.39, 0.29) is 5.92 Å². The number of fused-ring (bicyclic) bond motifs is 1. The summed E-state index contributed by atoms with van der Waals surface area (Å²) in [6.45, 7) is 1.41. The molecule has 19 heavy (non-hydrogen) atoms. The Labute approximate surface area is 109 Å². The lowest BCUT2D eigenvalue weighted by molar-refractivity contribution is -0.143. The average molecular weight is 268 g/mol. The highest BCUT2D eigenvalue weighted by atomic mass is 19.4. The molecule has 1 unspecified atom stereocenters. The number of nitrogens with one attached hydrogen (secondary N) is 1. The van der Waals surface area contributed by atoms with E-state index < -0.39 is 11.9 Å². The molecule has 0 radical (unpaired) electrons. The lowest BCUT2D eigenvalue weighted by Gasteiger charge is -2.15. The molecule has 1 aromatic heterocycles. The van der Waals surface area contributed by atoms with E-state index in [9.17, 15) is 13.2 Å². The maximum atomic E-state index is 13.4. The molecule has 0 bridgehead atoms. The molecule has 1 saturated heterocycles. The quantitative estimate of drug-likeness (QED) is 0.840. The van der Waals surface area contributed by atoms with Crippen molar-refractivity contribution < 1.29 is 13.2 Å². The van der Waals surface area contributed by atoms with Crippen LogP contribution in [0, 0.1) is 0 Å². The second-order valence-corrected chi connectivity index (χ2v) is 5.03. The Morgan fingerprint density at radius 2 is 2.00 bits per heavy atom. The molecule has 1 aromatic carbocycles. The molecule has 102 valence electrons. The minimum atomic E-state index is -4.31. The van der Waals surface area contributed by atoms with Gasteiger partial charge >= 0.3 is 6.18 Å². The minimum Gasteiger partial charge on any atom is -0.340 e. The van der Waals surface area contributed by atoms with Gasteiger partial charge in [-0.2, -0.15) is 13.2 Å². The molecule has 5 heteroatoms. The number of nitrogens with zero attached hydrogens (tertiary/aromatic N) is 1. The van der Waals surface area contributed by atoms with Crippen molar-refractivity contribution >= 4 is 10.9 Å². The Morgan fingerprint density at radius 3 is 2.63 bits per heavy atom. The number of halogens is 3. The maximum Gasteiger partial charge on any atom is 0.431 e. The molecule has 0 saturated carbocycles. The largest absolute Gasteiger partial charge is 0.431 e. The van der Waals surface area contributed by atoms with E-state index in [2.05, 4.69) is 5.32 Å². The predicted molar refractivity (Wildman–Crippen MR) is 68.1 cm³/mol. The van der Waals surface area contributed by atoms with Gasteiger partial charge in [0.1, 0.15) is 5.69 Å². The number of hydrogen-bond acceptors (Lipinski definition) is 1. The van der Waals surface area contributed by atoms with Gasteiger partial charge in [0, 0.05) is 30.4 Å². The minimum absolute atomic E-state index is 0.0530. The van der Waals surface area contributed by atoms with Crippen molar-refractivity contribution in [3.05, 3.63) is 35.5 Å². The molecule has 2 aromatic rings. The Morgan fingerprint density at radius 1 is 1.26 bits per heavy atom. The smallest absolute Gasteiger partial charge is 0.340 e. The van der Waals surface area contributed by atoms with Crippen LogP contribution in [0.1, 0.15) is 23.6 Å². The van der Waals surface area contributed by atoms with Gasteiger partial charge in [-0.1, -0.05) is 18.2 Å². The van der Waals surface area contributed by atoms with Crippen molar-refractivity contribution in [3.63, 3.8) is 0 Å². The van der Waals surface area contributed by atoms with Gasteiger partial charge in [-0.3, -0.25) is 0 Å². The Balaban J connectivity index is 2.32. The summed E-state index contributed by atoms with van der Waals surface area (Å²) in [5.74, 6) is -0.0530. The first-order valence-electron chi connectivity index (χ1n) is 6.35. The molecule has 1 atom stereocenters. The van der Waals surface area contributed by atoms with Crippen LogP contribution in [0.2, 0.25) is 0 Å². The zero-order valence-corrected chi connectivity index (χ0v) is 10.6. The summed E-state index contributed by atoms with van der Waals surface area (Å²) in [6.07, 6.45) is -3.55. The van der Waals surface area contributed by atoms with Gasteiger partial charge in [0.25, 0.3) is 0 Å². The maximum absolute atomic E-state index is 13.4. The second kappa shape index (κ2) is 4.27. The van der Waals surface area contributed by atoms with Crippen molar-refractivity contribution in [1.29, 1.82) is 0 Å². The van der Waals surface area contributed by atoms with Gasteiger partial charge in [0.2, 0.25) is 0 Å². The lowest BCUT2D eigenvalue weighted by Crippen LogP contribution is -2.16. The Kier molecular flexibility index (Phi) is 2.82. The number of para-hydroxylation sites is 1. The van der Waals surface area contributed by atoms with Crippen LogP contribution in [0.3, 0.4) is 0 Å². The molecule has 2 nitrogen and oxygen atoms in total. The SMILES string of the molecule is Cn1c(C(F)(F)F)c(C2CCNC2)c2ccccc21. The number of alkyl halides is 3. The number of aromatic nitrogens is 1. The number of rotatable bonds is 1. The summed E-state index contributed by atoms with van der Waals surface area (Å²) in [5.41, 5.74) is 0.606. The van der Waals surface area contributed by atoms with Gasteiger partial charge < -0.3 is 9.88 Å². The fraction of sp³-hybridized carbons (Fsp3) is 0.429. The van der Waals surface area contributed by atoms with Crippen molar-refractivity contribution in [2.75, 3.05) is 13.1 Å². The first kappa shape index (κ1) is 12.5. The normalized spacial score (nSPS) is 20.3. The van der Waals surface area contributed by atoms with Crippen LogP contribution in [-0.2, 0) is 13.2 Å². The Hall–Kier alpha value is -1.49. The third-order valence-electron chi connectivity index (χ3n) is 3.88. The first-order chi connectivity index (χ1) is 9.00. The molecule has 1 N–H and O–H groups in total. The second-order valence-electron chi connectivity index (χ2n) is 5.03. The van der Waals surface area contributed by atoms with Crippen LogP contribution in [0.15, 0.2) is 24.3 Å². The van der Waals surface area contributed by atoms with E-state index in [4.69, 9.17) is 0 Å². The van der Waals surface area contributed by atoms with Gasteiger partial charge in [0.15, 0.2) is 0 Å². The molecule has 0 amide bonds. The molecule has 2 heterocycles. The first-order valence-corrected chi connectivity index (χ1v) is 6.35. The highest BCUT2D eigenvalue weighted by molar-refractivity contribution is 5.86. The van der Waals surface area contributed by atoms with Crippen LogP contribution >= 0.6 is 0 Å². The van der Waals surface area contributed by atoms with Gasteiger partial charge in [0.05, 0.1) is 0 Å². The van der Waals surface area contributed by atoms with E-state index in [1.54, 1.807) is 24.3 Å². The summed E-state index contributed by atoms with van der Waals surface area (Å²) in [4.78, 5) is 0. The van der Waals surface area contributed by atoms with E-state index in [0.29, 0.717) is 17.6 Å². The molecule has 0 spiro atoms. The Bertz CT molecular complexity index is 607. The fourth-order valence-corrected chi connectivity index (χ4v) is 3.08. The summed E-state index contributed by atoms with van der Waals surface area (Å²) in [6, 6.07) is 7.11. The van der Waals surface area contributed by atoms with E-state index in [0.717, 1.165) is 18.4 Å². The van der Waals surface area contributed by atoms with Crippen LogP contribution in [0.5, 0.6) is 0 Å². The molecule has 3 rings (SSSR count). The fourth-order valence-electron chi connectivity index (χ4n) is 3.08. The van der Waals surface area contributed by atoms with Gasteiger partial charge in [-0.25, -0.2) is 0 Å². The van der Waals surface area contributed by atoms with E-state index in [1.807, 2.05) is 0 Å². The average Bonchev–Trinajstić information content (AvgIpc) is 2.95. The number of benzene rings is 1. The monoisotopic (exact) mass is 268 g/mol. The molecular formula is C14H15F3N2. The lowest BCUT2D eigenvalue weighted by atomic mass is 9.95. The highest BCUT2D eigenvalue weighted by Crippen LogP contribution is 2.42. The van der Waals surface area contributed by atoms with Gasteiger partial charge in [-0.15, -0.1) is 0 Å². The topological polar surface area (TPSA) is 17.0 Å².